The van der Waals surface area contributed by atoms with Crippen molar-refractivity contribution in [3.63, 3.8) is 0 Å². The standard InChI is InChI=1S/C21H25N3O4S/c1-4-5-11-24-13-23-20-17(21(24)26)14(2)18(29-20)19(25)22-10-12-28-16-8-6-15(27-3)7-9-16/h6-9,13H,4-5,10-12H2,1-3H3,(H,22,25). The molecule has 0 saturated carbocycles. The number of aryl methyl sites for hydroxylation is 2. The summed E-state index contributed by atoms with van der Waals surface area (Å²) in [6.07, 6.45) is 3.48. The van der Waals surface area contributed by atoms with Gasteiger partial charge in [-0.2, -0.15) is 0 Å². The van der Waals surface area contributed by atoms with Crippen LogP contribution in [0.15, 0.2) is 35.4 Å². The molecule has 0 saturated heterocycles. The van der Waals surface area contributed by atoms with E-state index in [0.29, 0.717) is 46.1 Å². The van der Waals surface area contributed by atoms with Gasteiger partial charge in [0.1, 0.15) is 22.9 Å². The van der Waals surface area contributed by atoms with E-state index in [9.17, 15) is 9.59 Å². The molecule has 154 valence electrons. The van der Waals surface area contributed by atoms with Gasteiger partial charge in [-0.15, -0.1) is 11.3 Å². The van der Waals surface area contributed by atoms with Crippen molar-refractivity contribution >= 4 is 27.5 Å². The lowest BCUT2D eigenvalue weighted by molar-refractivity contribution is 0.0950. The van der Waals surface area contributed by atoms with Crippen LogP contribution in [0.1, 0.15) is 35.0 Å². The number of amides is 1. The van der Waals surface area contributed by atoms with Crippen LogP contribution in [0.4, 0.5) is 0 Å². The van der Waals surface area contributed by atoms with Crippen LogP contribution in [0.25, 0.3) is 10.2 Å². The second-order valence-corrected chi connectivity index (χ2v) is 7.61. The monoisotopic (exact) mass is 415 g/mol. The predicted molar refractivity (Wildman–Crippen MR) is 114 cm³/mol. The fourth-order valence-electron chi connectivity index (χ4n) is 2.95. The molecule has 0 fully saturated rings. The number of unbranched alkanes of at least 4 members (excludes halogenated alkanes) is 1. The molecule has 8 heteroatoms. The molecule has 3 rings (SSSR count). The smallest absolute Gasteiger partial charge is 0.262 e. The number of rotatable bonds is 9. The maximum absolute atomic E-state index is 12.7. The first-order chi connectivity index (χ1) is 14.0. The molecule has 7 nitrogen and oxygen atoms in total. The van der Waals surface area contributed by atoms with Crippen molar-refractivity contribution in [2.75, 3.05) is 20.3 Å². The number of thiophene rings is 1. The van der Waals surface area contributed by atoms with Gasteiger partial charge in [-0.1, -0.05) is 13.3 Å². The highest BCUT2D eigenvalue weighted by Gasteiger charge is 2.19. The number of nitrogens with zero attached hydrogens (tertiary/aromatic N) is 2. The van der Waals surface area contributed by atoms with Crippen LogP contribution in [0.5, 0.6) is 11.5 Å². The normalized spacial score (nSPS) is 10.9. The van der Waals surface area contributed by atoms with Gasteiger partial charge in [0.05, 0.1) is 30.2 Å². The SMILES string of the molecule is CCCCn1cnc2sc(C(=O)NCCOc3ccc(OC)cc3)c(C)c2c1=O. The molecule has 0 bridgehead atoms. The summed E-state index contributed by atoms with van der Waals surface area (Å²) < 4.78 is 12.3. The van der Waals surface area contributed by atoms with E-state index in [-0.39, 0.29) is 11.5 Å². The fourth-order valence-corrected chi connectivity index (χ4v) is 4.00. The van der Waals surface area contributed by atoms with Crippen molar-refractivity contribution in [2.45, 2.75) is 33.2 Å². The molecular weight excluding hydrogens is 390 g/mol. The van der Waals surface area contributed by atoms with E-state index in [4.69, 9.17) is 9.47 Å². The summed E-state index contributed by atoms with van der Waals surface area (Å²) in [5.41, 5.74) is 0.598. The average Bonchev–Trinajstić information content (AvgIpc) is 3.08. The van der Waals surface area contributed by atoms with Crippen LogP contribution in [0.2, 0.25) is 0 Å². The molecule has 29 heavy (non-hydrogen) atoms. The predicted octanol–water partition coefficient (Wildman–Crippen LogP) is 3.38. The fraction of sp³-hybridized carbons (Fsp3) is 0.381. The molecule has 3 aromatic rings. The Bertz CT molecular complexity index is 1040. The quantitative estimate of drug-likeness (QED) is 0.542. The molecule has 0 atom stereocenters. The van der Waals surface area contributed by atoms with E-state index >= 15 is 0 Å². The minimum Gasteiger partial charge on any atom is -0.497 e. The number of carbonyl (C=O) groups excluding carboxylic acids is 1. The lowest BCUT2D eigenvalue weighted by Crippen LogP contribution is -2.28. The summed E-state index contributed by atoms with van der Waals surface area (Å²) >= 11 is 1.25. The van der Waals surface area contributed by atoms with Crippen LogP contribution in [0, 0.1) is 6.92 Å². The van der Waals surface area contributed by atoms with E-state index in [1.165, 1.54) is 11.3 Å². The number of hydrogen-bond acceptors (Lipinski definition) is 6. The van der Waals surface area contributed by atoms with Gasteiger partial charge in [-0.3, -0.25) is 14.2 Å². The zero-order valence-electron chi connectivity index (χ0n) is 16.9. The number of aromatic nitrogens is 2. The Labute approximate surface area is 173 Å². The summed E-state index contributed by atoms with van der Waals surface area (Å²) in [5.74, 6) is 1.24. The largest absolute Gasteiger partial charge is 0.497 e. The Balaban J connectivity index is 1.63. The Hall–Kier alpha value is -2.87. The highest BCUT2D eigenvalue weighted by molar-refractivity contribution is 7.20. The van der Waals surface area contributed by atoms with Gasteiger partial charge in [0.2, 0.25) is 0 Å². The summed E-state index contributed by atoms with van der Waals surface area (Å²) in [6, 6.07) is 7.25. The molecule has 0 aliphatic carbocycles. The third-order valence-corrected chi connectivity index (χ3v) is 5.79. The first-order valence-corrected chi connectivity index (χ1v) is 10.4. The van der Waals surface area contributed by atoms with Gasteiger partial charge < -0.3 is 14.8 Å². The van der Waals surface area contributed by atoms with Crippen LogP contribution < -0.4 is 20.3 Å². The number of carbonyl (C=O) groups is 1. The van der Waals surface area contributed by atoms with Crippen LogP contribution in [0.3, 0.4) is 0 Å². The first-order valence-electron chi connectivity index (χ1n) is 9.58. The van der Waals surface area contributed by atoms with Crippen molar-refractivity contribution in [1.82, 2.24) is 14.9 Å². The Morgan fingerprint density at radius 2 is 1.97 bits per heavy atom. The van der Waals surface area contributed by atoms with Crippen molar-refractivity contribution < 1.29 is 14.3 Å². The number of fused-ring (bicyclic) bond motifs is 1. The average molecular weight is 416 g/mol. The summed E-state index contributed by atoms with van der Waals surface area (Å²) in [4.78, 5) is 30.8. The molecule has 2 aromatic heterocycles. The molecule has 0 unspecified atom stereocenters. The zero-order valence-corrected chi connectivity index (χ0v) is 17.7. The minimum atomic E-state index is -0.219. The van der Waals surface area contributed by atoms with Crippen molar-refractivity contribution in [1.29, 1.82) is 0 Å². The van der Waals surface area contributed by atoms with Crippen LogP contribution >= 0.6 is 11.3 Å². The van der Waals surface area contributed by atoms with Crippen molar-refractivity contribution in [2.24, 2.45) is 0 Å². The number of benzene rings is 1. The highest BCUT2D eigenvalue weighted by atomic mass is 32.1. The Kier molecular flexibility index (Phi) is 6.87. The molecule has 0 aliphatic heterocycles. The lowest BCUT2D eigenvalue weighted by atomic mass is 10.2. The third kappa shape index (κ3) is 4.76. The number of ether oxygens (including phenoxy) is 2. The molecule has 0 aliphatic rings. The Morgan fingerprint density at radius 3 is 2.66 bits per heavy atom. The second-order valence-electron chi connectivity index (χ2n) is 6.61. The van der Waals surface area contributed by atoms with Gasteiger partial charge in [-0.25, -0.2) is 4.98 Å². The number of hydrogen-bond donors (Lipinski definition) is 1. The van der Waals surface area contributed by atoms with Gasteiger partial charge in [0, 0.05) is 6.54 Å². The first kappa shape index (κ1) is 20.9. The van der Waals surface area contributed by atoms with Gasteiger partial charge in [0.15, 0.2) is 0 Å². The van der Waals surface area contributed by atoms with E-state index in [0.717, 1.165) is 18.6 Å². The number of methoxy groups -OCH3 is 1. The maximum atomic E-state index is 12.7. The van der Waals surface area contributed by atoms with E-state index in [1.54, 1.807) is 24.9 Å². The zero-order chi connectivity index (χ0) is 20.8. The van der Waals surface area contributed by atoms with E-state index in [2.05, 4.69) is 17.2 Å². The van der Waals surface area contributed by atoms with Crippen molar-refractivity contribution in [3.8, 4) is 11.5 Å². The van der Waals surface area contributed by atoms with Gasteiger partial charge in [-0.05, 0) is 43.2 Å². The highest BCUT2D eigenvalue weighted by Crippen LogP contribution is 2.26. The lowest BCUT2D eigenvalue weighted by Gasteiger charge is -2.08. The topological polar surface area (TPSA) is 82.5 Å². The maximum Gasteiger partial charge on any atom is 0.262 e. The molecule has 1 N–H and O–H groups in total. The molecule has 0 radical (unpaired) electrons. The van der Waals surface area contributed by atoms with Crippen LogP contribution in [-0.4, -0.2) is 35.7 Å². The molecule has 1 amide bonds. The molecular formula is C21H25N3O4S. The third-order valence-electron chi connectivity index (χ3n) is 4.59. The van der Waals surface area contributed by atoms with Gasteiger partial charge >= 0.3 is 0 Å². The summed E-state index contributed by atoms with van der Waals surface area (Å²) in [6.45, 7) is 5.21. The molecule has 2 heterocycles. The molecule has 1 aromatic carbocycles. The van der Waals surface area contributed by atoms with E-state index < -0.39 is 0 Å². The van der Waals surface area contributed by atoms with Crippen LogP contribution in [-0.2, 0) is 6.54 Å². The van der Waals surface area contributed by atoms with Gasteiger partial charge in [0.25, 0.3) is 11.5 Å². The van der Waals surface area contributed by atoms with Crippen molar-refractivity contribution in [3.05, 3.63) is 51.4 Å². The number of nitrogens with one attached hydrogen (secondary N) is 1. The summed E-state index contributed by atoms with van der Waals surface area (Å²) in [5, 5.41) is 3.38. The van der Waals surface area contributed by atoms with E-state index in [1.807, 2.05) is 24.3 Å². The Morgan fingerprint density at radius 1 is 1.24 bits per heavy atom. The summed E-state index contributed by atoms with van der Waals surface area (Å²) in [7, 11) is 1.61. The second kappa shape index (κ2) is 9.56. The molecule has 0 spiro atoms. The minimum absolute atomic E-state index is 0.0842.